The second-order valence-electron chi connectivity index (χ2n) is 5.84. The predicted octanol–water partition coefficient (Wildman–Crippen LogP) is 1.66. The van der Waals surface area contributed by atoms with Crippen LogP contribution in [0.5, 0.6) is 0 Å². The number of nitrogens with zero attached hydrogens (tertiary/aromatic N) is 1. The van der Waals surface area contributed by atoms with Gasteiger partial charge in [0, 0.05) is 31.6 Å². The van der Waals surface area contributed by atoms with Crippen LogP contribution in [0.4, 0.5) is 0 Å². The highest BCUT2D eigenvalue weighted by atomic mass is 35.5. The molecule has 1 heterocycles. The summed E-state index contributed by atoms with van der Waals surface area (Å²) in [4.78, 5) is 14.6. The third-order valence-corrected chi connectivity index (χ3v) is 4.23. The molecule has 0 aromatic carbocycles. The van der Waals surface area contributed by atoms with Crippen LogP contribution in [0.3, 0.4) is 0 Å². The minimum atomic E-state index is 0. The van der Waals surface area contributed by atoms with Crippen LogP contribution in [0.2, 0.25) is 0 Å². The molecule has 4 heteroatoms. The fourth-order valence-electron chi connectivity index (χ4n) is 3.04. The van der Waals surface area contributed by atoms with E-state index in [1.807, 2.05) is 0 Å². The normalized spacial score (nSPS) is 29.1. The van der Waals surface area contributed by atoms with Gasteiger partial charge in [0.2, 0.25) is 5.91 Å². The molecule has 1 aliphatic heterocycles. The molecule has 0 unspecified atom stereocenters. The first-order valence-corrected chi connectivity index (χ1v) is 6.78. The highest BCUT2D eigenvalue weighted by Gasteiger charge is 2.47. The average Bonchev–Trinajstić information content (AvgIpc) is 3.12. The van der Waals surface area contributed by atoms with Crippen LogP contribution in [0.1, 0.15) is 32.6 Å². The van der Waals surface area contributed by atoms with Crippen molar-refractivity contribution in [3.05, 3.63) is 0 Å². The molecular formula is C13H23ClN2O. The van der Waals surface area contributed by atoms with Crippen LogP contribution in [-0.4, -0.2) is 36.5 Å². The van der Waals surface area contributed by atoms with Gasteiger partial charge in [0.15, 0.2) is 0 Å². The first-order chi connectivity index (χ1) is 7.75. The Bertz CT molecular complexity index is 277. The molecule has 3 fully saturated rings. The Balaban J connectivity index is 0.00000108. The summed E-state index contributed by atoms with van der Waals surface area (Å²) in [5.74, 6) is 2.35. The van der Waals surface area contributed by atoms with Crippen molar-refractivity contribution >= 4 is 18.3 Å². The molecule has 1 amide bonds. The maximum Gasteiger partial charge on any atom is 0.226 e. The lowest BCUT2D eigenvalue weighted by Crippen LogP contribution is -2.53. The van der Waals surface area contributed by atoms with E-state index in [9.17, 15) is 4.79 Å². The van der Waals surface area contributed by atoms with Gasteiger partial charge in [-0.15, -0.1) is 12.4 Å². The van der Waals surface area contributed by atoms with E-state index in [0.717, 1.165) is 31.5 Å². The number of halogens is 1. The SMILES string of the molecule is C[C@@H]1CN(C(=O)C(C2CC2)C2CC2)CCN1.Cl. The van der Waals surface area contributed by atoms with Crippen molar-refractivity contribution in [1.82, 2.24) is 10.2 Å². The lowest BCUT2D eigenvalue weighted by atomic mass is 9.95. The molecule has 3 rings (SSSR count). The van der Waals surface area contributed by atoms with Gasteiger partial charge in [-0.2, -0.15) is 0 Å². The molecule has 3 aliphatic rings. The number of carbonyl (C=O) groups excluding carboxylic acids is 1. The maximum absolute atomic E-state index is 12.5. The van der Waals surface area contributed by atoms with Crippen molar-refractivity contribution in [3.8, 4) is 0 Å². The fourth-order valence-corrected chi connectivity index (χ4v) is 3.04. The molecule has 0 bridgehead atoms. The second-order valence-corrected chi connectivity index (χ2v) is 5.84. The Labute approximate surface area is 110 Å². The Morgan fingerprint density at radius 2 is 1.82 bits per heavy atom. The Morgan fingerprint density at radius 1 is 1.24 bits per heavy atom. The fraction of sp³-hybridized carbons (Fsp3) is 0.923. The highest BCUT2D eigenvalue weighted by Crippen LogP contribution is 2.49. The number of rotatable bonds is 3. The zero-order chi connectivity index (χ0) is 11.1. The highest BCUT2D eigenvalue weighted by molar-refractivity contribution is 5.85. The molecule has 1 N–H and O–H groups in total. The van der Waals surface area contributed by atoms with Crippen molar-refractivity contribution in [2.75, 3.05) is 19.6 Å². The average molecular weight is 259 g/mol. The van der Waals surface area contributed by atoms with Crippen molar-refractivity contribution in [1.29, 1.82) is 0 Å². The van der Waals surface area contributed by atoms with Crippen LogP contribution < -0.4 is 5.32 Å². The summed E-state index contributed by atoms with van der Waals surface area (Å²) in [5, 5.41) is 3.40. The van der Waals surface area contributed by atoms with E-state index in [4.69, 9.17) is 0 Å². The zero-order valence-electron chi connectivity index (χ0n) is 10.5. The smallest absolute Gasteiger partial charge is 0.226 e. The summed E-state index contributed by atoms with van der Waals surface area (Å²) in [6.45, 7) is 4.96. The quantitative estimate of drug-likeness (QED) is 0.835. The number of hydrogen-bond donors (Lipinski definition) is 1. The van der Waals surface area contributed by atoms with Gasteiger partial charge in [-0.05, 0) is 44.4 Å². The molecule has 0 spiro atoms. The van der Waals surface area contributed by atoms with Crippen LogP contribution >= 0.6 is 12.4 Å². The van der Waals surface area contributed by atoms with E-state index < -0.39 is 0 Å². The predicted molar refractivity (Wildman–Crippen MR) is 70.2 cm³/mol. The summed E-state index contributed by atoms with van der Waals surface area (Å²) >= 11 is 0. The van der Waals surface area contributed by atoms with Gasteiger partial charge in [0.1, 0.15) is 0 Å². The van der Waals surface area contributed by atoms with Crippen LogP contribution in [-0.2, 0) is 4.79 Å². The Hall–Kier alpha value is -0.280. The number of piperazine rings is 1. The molecule has 0 aromatic heterocycles. The molecule has 0 radical (unpaired) electrons. The maximum atomic E-state index is 12.5. The summed E-state index contributed by atoms with van der Waals surface area (Å²) in [5.41, 5.74) is 0. The minimum absolute atomic E-state index is 0. The van der Waals surface area contributed by atoms with Crippen molar-refractivity contribution in [3.63, 3.8) is 0 Å². The summed E-state index contributed by atoms with van der Waals surface area (Å²) in [6, 6.07) is 0.469. The minimum Gasteiger partial charge on any atom is -0.340 e. The molecule has 0 aromatic rings. The van der Waals surface area contributed by atoms with Gasteiger partial charge in [0.25, 0.3) is 0 Å². The van der Waals surface area contributed by atoms with Crippen molar-refractivity contribution in [2.45, 2.75) is 38.6 Å². The molecular weight excluding hydrogens is 236 g/mol. The van der Waals surface area contributed by atoms with Gasteiger partial charge in [-0.1, -0.05) is 0 Å². The van der Waals surface area contributed by atoms with E-state index >= 15 is 0 Å². The molecule has 17 heavy (non-hydrogen) atoms. The molecule has 2 aliphatic carbocycles. The molecule has 2 saturated carbocycles. The van der Waals surface area contributed by atoms with Gasteiger partial charge in [0.05, 0.1) is 0 Å². The third kappa shape index (κ3) is 2.94. The first-order valence-electron chi connectivity index (χ1n) is 6.78. The van der Waals surface area contributed by atoms with Gasteiger partial charge < -0.3 is 10.2 Å². The summed E-state index contributed by atoms with van der Waals surface area (Å²) < 4.78 is 0. The van der Waals surface area contributed by atoms with Crippen LogP contribution in [0.15, 0.2) is 0 Å². The number of amides is 1. The van der Waals surface area contributed by atoms with E-state index in [0.29, 0.717) is 17.9 Å². The van der Waals surface area contributed by atoms with Crippen LogP contribution in [0.25, 0.3) is 0 Å². The molecule has 1 atom stereocenters. The van der Waals surface area contributed by atoms with Gasteiger partial charge >= 0.3 is 0 Å². The number of hydrogen-bond acceptors (Lipinski definition) is 2. The topological polar surface area (TPSA) is 32.3 Å². The van der Waals surface area contributed by atoms with E-state index in [1.165, 1.54) is 25.7 Å². The van der Waals surface area contributed by atoms with Gasteiger partial charge in [-0.3, -0.25) is 4.79 Å². The van der Waals surface area contributed by atoms with Gasteiger partial charge in [-0.25, -0.2) is 0 Å². The largest absolute Gasteiger partial charge is 0.340 e. The second kappa shape index (κ2) is 5.15. The summed E-state index contributed by atoms with van der Waals surface area (Å²) in [6.07, 6.45) is 5.20. The summed E-state index contributed by atoms with van der Waals surface area (Å²) in [7, 11) is 0. The monoisotopic (exact) mass is 258 g/mol. The standard InChI is InChI=1S/C13H22N2O.ClH/c1-9-8-15(7-6-14-9)13(16)12(10-2-3-10)11-4-5-11;/h9-12,14H,2-8H2,1H3;1H/t9-;/m1./s1. The zero-order valence-corrected chi connectivity index (χ0v) is 11.3. The van der Waals surface area contributed by atoms with E-state index in [-0.39, 0.29) is 12.4 Å². The van der Waals surface area contributed by atoms with Crippen molar-refractivity contribution < 1.29 is 4.79 Å². The lowest BCUT2D eigenvalue weighted by Gasteiger charge is -2.34. The first kappa shape index (κ1) is 13.2. The Morgan fingerprint density at radius 3 is 2.29 bits per heavy atom. The van der Waals surface area contributed by atoms with Crippen molar-refractivity contribution in [2.24, 2.45) is 17.8 Å². The molecule has 98 valence electrons. The third-order valence-electron chi connectivity index (χ3n) is 4.23. The van der Waals surface area contributed by atoms with E-state index in [2.05, 4.69) is 17.1 Å². The number of nitrogens with one attached hydrogen (secondary N) is 1. The Kier molecular flexibility index (Phi) is 3.99. The lowest BCUT2D eigenvalue weighted by molar-refractivity contribution is -0.138. The van der Waals surface area contributed by atoms with E-state index in [1.54, 1.807) is 0 Å². The number of carbonyl (C=O) groups is 1. The molecule has 1 saturated heterocycles. The van der Waals surface area contributed by atoms with Crippen LogP contribution in [0, 0.1) is 17.8 Å². The molecule has 3 nitrogen and oxygen atoms in total.